The monoisotopic (exact) mass is 449 g/mol. The molecule has 0 aliphatic carbocycles. The number of nitro groups is 1. The minimum absolute atomic E-state index is 0.0625. The Hall–Kier alpha value is -2.51. The van der Waals surface area contributed by atoms with Crippen molar-refractivity contribution in [3.05, 3.63) is 69.0 Å². The molecule has 0 radical (unpaired) electrons. The van der Waals surface area contributed by atoms with E-state index >= 15 is 0 Å². The first-order valence-electron chi connectivity index (χ1n) is 7.42. The lowest BCUT2D eigenvalue weighted by molar-refractivity contribution is -0.384. The molecule has 0 amide bonds. The van der Waals surface area contributed by atoms with Crippen LogP contribution >= 0.6 is 0 Å². The molecule has 14 heteroatoms. The molecule has 2 rings (SSSR count). The van der Waals surface area contributed by atoms with Crippen LogP contribution in [0, 0.1) is 39.2 Å². The summed E-state index contributed by atoms with van der Waals surface area (Å²) in [4.78, 5) is 9.90. The Kier molecular flexibility index (Phi) is 7.52. The quantitative estimate of drug-likeness (QED) is 0.133. The number of benzene rings is 2. The molecule has 0 saturated carbocycles. The highest BCUT2D eigenvalue weighted by molar-refractivity contribution is 8.00. The van der Waals surface area contributed by atoms with E-state index < -0.39 is 56.4 Å². The van der Waals surface area contributed by atoms with E-state index in [1.165, 1.54) is 12.1 Å². The van der Waals surface area contributed by atoms with Gasteiger partial charge in [-0.15, -0.1) is 4.21 Å². The van der Waals surface area contributed by atoms with Crippen LogP contribution in [0.15, 0.2) is 24.3 Å². The minimum atomic E-state index is -6.30. The molecule has 0 unspecified atom stereocenters. The second-order valence-electron chi connectivity index (χ2n) is 6.06. The zero-order chi connectivity index (χ0) is 22.7. The molecule has 0 atom stereocenters. The highest BCUT2D eigenvalue weighted by Gasteiger charge is 2.37. The lowest BCUT2D eigenvalue weighted by Crippen LogP contribution is -2.41. The molecule has 2 aromatic carbocycles. The van der Waals surface area contributed by atoms with Crippen molar-refractivity contribution >= 4 is 28.1 Å². The predicted octanol–water partition coefficient (Wildman–Crippen LogP) is 4.29. The van der Waals surface area contributed by atoms with E-state index in [0.29, 0.717) is 5.75 Å². The smallest absolute Gasteiger partial charge is 0.445 e. The van der Waals surface area contributed by atoms with Gasteiger partial charge in [0, 0.05) is 17.7 Å². The van der Waals surface area contributed by atoms with E-state index in [-0.39, 0.29) is 5.69 Å². The summed E-state index contributed by atoms with van der Waals surface area (Å²) in [5, 5.41) is 10.3. The fourth-order valence-electron chi connectivity index (χ4n) is 2.02. The third-order valence-electron chi connectivity index (χ3n) is 3.23. The molecule has 4 nitrogen and oxygen atoms in total. The first-order valence-corrected chi connectivity index (χ1v) is 9.97. The van der Waals surface area contributed by atoms with Crippen LogP contribution in [0.2, 0.25) is 0 Å². The van der Waals surface area contributed by atoms with Gasteiger partial charge in [0.05, 0.1) is 14.9 Å². The largest absolute Gasteiger partial charge is 0.515 e. The van der Waals surface area contributed by atoms with Crippen molar-refractivity contribution in [1.82, 2.24) is 0 Å². The van der Waals surface area contributed by atoms with Gasteiger partial charge in [0.2, 0.25) is 0 Å². The van der Waals surface area contributed by atoms with Gasteiger partial charge in [-0.2, -0.15) is 0 Å². The van der Waals surface area contributed by atoms with Crippen LogP contribution in [0.1, 0.15) is 5.56 Å². The number of non-ortho nitro benzene ring substituents is 1. The third kappa shape index (κ3) is 6.51. The molecular weight excluding hydrogens is 437 g/mol. The molecule has 0 aromatic heterocycles. The Morgan fingerprint density at radius 1 is 0.862 bits per heavy atom. The van der Waals surface area contributed by atoms with Crippen molar-refractivity contribution in [3.63, 3.8) is 0 Å². The summed E-state index contributed by atoms with van der Waals surface area (Å²) in [5.41, 5.74) is -1.80. The molecule has 0 saturated heterocycles. The third-order valence-corrected chi connectivity index (χ3v) is 4.26. The number of nitrogens with zero attached hydrogens (tertiary/aromatic N) is 1. The maximum absolute atomic E-state index is 12.5. The fraction of sp³-hybridized carbons (Fsp3) is 0.200. The normalized spacial score (nSPS) is 11.7. The first-order chi connectivity index (χ1) is 13.1. The second-order valence-corrected chi connectivity index (χ2v) is 9.23. The summed E-state index contributed by atoms with van der Waals surface area (Å²) in [6.45, 7) is -6.30. The summed E-state index contributed by atoms with van der Waals surface area (Å²) < 4.78 is 109. The van der Waals surface area contributed by atoms with Gasteiger partial charge in [0.1, 0.15) is 29.9 Å². The molecule has 0 aliphatic rings. The summed E-state index contributed by atoms with van der Waals surface area (Å²) in [7, 11) is -1.83. The fourth-order valence-corrected chi connectivity index (χ4v) is 3.02. The van der Waals surface area contributed by atoms with Gasteiger partial charge in [-0.25, -0.2) is 22.0 Å². The standard InChI is InChI=1S/C9H12NO3S.C6BF8/c1-14(2,13)7-8-3-5-9(6-4-8)10(11)12;8-2-1(7(13,14)15)3(9)5(11)6(12)4(2)10/h3-6H,7H2,1-2H3;/q+1;-1. The molecule has 0 bridgehead atoms. The van der Waals surface area contributed by atoms with Gasteiger partial charge >= 0.3 is 6.98 Å². The van der Waals surface area contributed by atoms with Crippen molar-refractivity contribution in [2.75, 3.05) is 12.5 Å². The van der Waals surface area contributed by atoms with Crippen LogP contribution in [0.3, 0.4) is 0 Å². The topological polar surface area (TPSA) is 60.2 Å². The molecular formula is C15H12BF8NO3S. The lowest BCUT2D eigenvalue weighted by atomic mass is 9.79. The average molecular weight is 449 g/mol. The molecule has 160 valence electrons. The van der Waals surface area contributed by atoms with Gasteiger partial charge in [-0.1, -0.05) is 0 Å². The highest BCUT2D eigenvalue weighted by Crippen LogP contribution is 2.21. The molecule has 0 heterocycles. The summed E-state index contributed by atoms with van der Waals surface area (Å²) in [5.74, 6) is -13.1. The van der Waals surface area contributed by atoms with Crippen LogP contribution < -0.4 is 5.46 Å². The Morgan fingerprint density at radius 3 is 1.55 bits per heavy atom. The average Bonchev–Trinajstić information content (AvgIpc) is 2.57. The van der Waals surface area contributed by atoms with Gasteiger partial charge in [-0.05, 0) is 17.6 Å². The van der Waals surface area contributed by atoms with Crippen molar-refractivity contribution in [2.45, 2.75) is 5.75 Å². The van der Waals surface area contributed by atoms with E-state index in [0.717, 1.165) is 5.56 Å². The van der Waals surface area contributed by atoms with E-state index in [9.17, 15) is 49.2 Å². The van der Waals surface area contributed by atoms with Gasteiger partial charge in [0.25, 0.3) is 5.69 Å². The summed E-state index contributed by atoms with van der Waals surface area (Å²) in [6, 6.07) is 6.15. The van der Waals surface area contributed by atoms with Crippen molar-refractivity contribution in [1.29, 1.82) is 0 Å². The number of halogens is 8. The Morgan fingerprint density at radius 2 is 1.24 bits per heavy atom. The maximum Gasteiger partial charge on any atom is 0.515 e. The predicted molar refractivity (Wildman–Crippen MR) is 91.6 cm³/mol. The van der Waals surface area contributed by atoms with Gasteiger partial charge < -0.3 is 12.9 Å². The second kappa shape index (κ2) is 8.88. The van der Waals surface area contributed by atoms with Crippen LogP contribution in [-0.2, 0) is 19.9 Å². The molecule has 0 fully saturated rings. The van der Waals surface area contributed by atoms with E-state index in [1.807, 2.05) is 0 Å². The Labute approximate surface area is 160 Å². The highest BCUT2D eigenvalue weighted by atomic mass is 32.2. The van der Waals surface area contributed by atoms with E-state index in [1.54, 1.807) is 24.6 Å². The van der Waals surface area contributed by atoms with Crippen LogP contribution in [0.4, 0.5) is 40.6 Å². The SMILES string of the molecule is C[S+](C)(=O)Cc1ccc([N+](=O)[O-])cc1.Fc1c(F)c(F)c([B-](F)(F)F)c(F)c1F. The zero-order valence-electron chi connectivity index (χ0n) is 14.7. The van der Waals surface area contributed by atoms with Crippen LogP contribution in [0.25, 0.3) is 0 Å². The van der Waals surface area contributed by atoms with Crippen molar-refractivity contribution in [2.24, 2.45) is 0 Å². The number of rotatable bonds is 4. The Bertz CT molecular complexity index is 931. The van der Waals surface area contributed by atoms with Crippen molar-refractivity contribution in [3.8, 4) is 0 Å². The van der Waals surface area contributed by atoms with Crippen molar-refractivity contribution < 1.29 is 44.0 Å². The summed E-state index contributed by atoms with van der Waals surface area (Å²) in [6.07, 6.45) is 3.35. The molecule has 0 N–H and O–H groups in total. The zero-order valence-corrected chi connectivity index (χ0v) is 15.5. The number of hydrogen-bond donors (Lipinski definition) is 0. The number of hydrogen-bond acceptors (Lipinski definition) is 3. The van der Waals surface area contributed by atoms with Crippen LogP contribution in [-0.4, -0.2) is 24.4 Å². The summed E-state index contributed by atoms with van der Waals surface area (Å²) >= 11 is 0. The molecule has 29 heavy (non-hydrogen) atoms. The Balaban J connectivity index is 0.000000291. The minimum Gasteiger partial charge on any atom is -0.445 e. The molecule has 0 aliphatic heterocycles. The molecule has 2 aromatic rings. The lowest BCUT2D eigenvalue weighted by Gasteiger charge is -2.17. The molecule has 0 spiro atoms. The van der Waals surface area contributed by atoms with E-state index in [2.05, 4.69) is 0 Å². The van der Waals surface area contributed by atoms with Crippen LogP contribution in [0.5, 0.6) is 0 Å². The van der Waals surface area contributed by atoms with Gasteiger partial charge in [-0.3, -0.25) is 10.1 Å². The van der Waals surface area contributed by atoms with E-state index in [4.69, 9.17) is 0 Å². The number of nitro benzene ring substituents is 1. The van der Waals surface area contributed by atoms with Gasteiger partial charge in [0.15, 0.2) is 17.5 Å². The maximum atomic E-state index is 12.5. The first kappa shape index (κ1) is 24.5.